The predicted octanol–water partition coefficient (Wildman–Crippen LogP) is 2.33. The van der Waals surface area contributed by atoms with Crippen molar-refractivity contribution in [3.05, 3.63) is 30.3 Å². The van der Waals surface area contributed by atoms with Crippen LogP contribution in [0.3, 0.4) is 0 Å². The maximum atomic E-state index is 5.70. The van der Waals surface area contributed by atoms with Crippen molar-refractivity contribution in [2.24, 2.45) is 17.6 Å². The van der Waals surface area contributed by atoms with Gasteiger partial charge in [-0.15, -0.1) is 0 Å². The first-order chi connectivity index (χ1) is 6.74. The Bertz CT molecular complexity index is 244. The first kappa shape index (κ1) is 11.1. The third kappa shape index (κ3) is 3.38. The van der Waals surface area contributed by atoms with Gasteiger partial charge in [-0.2, -0.15) is 0 Å². The van der Waals surface area contributed by atoms with Crippen molar-refractivity contribution >= 4 is 5.69 Å². The lowest BCUT2D eigenvalue weighted by molar-refractivity contribution is 0.413. The molecule has 0 aliphatic rings. The Hall–Kier alpha value is -1.02. The van der Waals surface area contributed by atoms with Gasteiger partial charge in [-0.05, 0) is 30.5 Å². The summed E-state index contributed by atoms with van der Waals surface area (Å²) >= 11 is 0. The Morgan fingerprint density at radius 2 is 1.86 bits per heavy atom. The minimum Gasteiger partial charge on any atom is -0.385 e. The maximum Gasteiger partial charge on any atom is 0.0340 e. The SMILES string of the molecule is CC(C)C(CN)CNc1ccccc1. The van der Waals surface area contributed by atoms with Gasteiger partial charge >= 0.3 is 0 Å². The lowest BCUT2D eigenvalue weighted by Gasteiger charge is -2.19. The van der Waals surface area contributed by atoms with Gasteiger partial charge in [0.1, 0.15) is 0 Å². The molecule has 2 heteroatoms. The number of nitrogens with one attached hydrogen (secondary N) is 1. The van der Waals surface area contributed by atoms with Crippen LogP contribution < -0.4 is 11.1 Å². The fourth-order valence-corrected chi connectivity index (χ4v) is 1.40. The molecular formula is C12H20N2. The third-order valence-corrected chi connectivity index (χ3v) is 2.59. The van der Waals surface area contributed by atoms with Gasteiger partial charge < -0.3 is 11.1 Å². The van der Waals surface area contributed by atoms with Crippen LogP contribution in [0.4, 0.5) is 5.69 Å². The van der Waals surface area contributed by atoms with E-state index < -0.39 is 0 Å². The second-order valence-corrected chi connectivity index (χ2v) is 3.99. The van der Waals surface area contributed by atoms with E-state index in [0.717, 1.165) is 13.1 Å². The molecule has 0 saturated heterocycles. The number of nitrogens with two attached hydrogens (primary N) is 1. The van der Waals surface area contributed by atoms with Crippen LogP contribution in [0.15, 0.2) is 30.3 Å². The van der Waals surface area contributed by atoms with Crippen molar-refractivity contribution < 1.29 is 0 Å². The lowest BCUT2D eigenvalue weighted by atomic mass is 9.96. The second-order valence-electron chi connectivity index (χ2n) is 3.99. The highest BCUT2D eigenvalue weighted by atomic mass is 14.9. The Kier molecular flexibility index (Phi) is 4.47. The van der Waals surface area contributed by atoms with E-state index in [0.29, 0.717) is 11.8 Å². The first-order valence-corrected chi connectivity index (χ1v) is 5.23. The molecule has 1 aromatic rings. The molecule has 0 aromatic heterocycles. The monoisotopic (exact) mass is 192 g/mol. The smallest absolute Gasteiger partial charge is 0.0340 e. The second kappa shape index (κ2) is 5.66. The van der Waals surface area contributed by atoms with Gasteiger partial charge in [0.25, 0.3) is 0 Å². The standard InChI is InChI=1S/C12H20N2/c1-10(2)11(8-13)9-14-12-6-4-3-5-7-12/h3-7,10-11,14H,8-9,13H2,1-2H3. The Balaban J connectivity index is 2.40. The summed E-state index contributed by atoms with van der Waals surface area (Å²) in [6, 6.07) is 10.3. The number of hydrogen-bond donors (Lipinski definition) is 2. The van der Waals surface area contributed by atoms with Gasteiger partial charge in [0, 0.05) is 12.2 Å². The average molecular weight is 192 g/mol. The quantitative estimate of drug-likeness (QED) is 0.751. The van der Waals surface area contributed by atoms with E-state index in [1.807, 2.05) is 18.2 Å². The van der Waals surface area contributed by atoms with E-state index in [2.05, 4.69) is 31.3 Å². The Morgan fingerprint density at radius 3 is 2.36 bits per heavy atom. The van der Waals surface area contributed by atoms with Crippen LogP contribution >= 0.6 is 0 Å². The zero-order valence-electron chi connectivity index (χ0n) is 9.03. The zero-order valence-corrected chi connectivity index (χ0v) is 9.03. The zero-order chi connectivity index (χ0) is 10.4. The fourth-order valence-electron chi connectivity index (χ4n) is 1.40. The van der Waals surface area contributed by atoms with Crippen molar-refractivity contribution in [3.8, 4) is 0 Å². The van der Waals surface area contributed by atoms with E-state index in [1.54, 1.807) is 0 Å². The van der Waals surface area contributed by atoms with Crippen LogP contribution in [0, 0.1) is 11.8 Å². The summed E-state index contributed by atoms with van der Waals surface area (Å²) in [7, 11) is 0. The average Bonchev–Trinajstić information content (AvgIpc) is 2.20. The van der Waals surface area contributed by atoms with Crippen LogP contribution in [0.2, 0.25) is 0 Å². The molecule has 14 heavy (non-hydrogen) atoms. The molecule has 0 radical (unpaired) electrons. The minimum absolute atomic E-state index is 0.551. The molecule has 2 nitrogen and oxygen atoms in total. The van der Waals surface area contributed by atoms with E-state index >= 15 is 0 Å². The van der Waals surface area contributed by atoms with Crippen molar-refractivity contribution in [2.75, 3.05) is 18.4 Å². The predicted molar refractivity (Wildman–Crippen MR) is 62.3 cm³/mol. The normalized spacial score (nSPS) is 12.9. The number of benzene rings is 1. The molecular weight excluding hydrogens is 172 g/mol. The summed E-state index contributed by atoms with van der Waals surface area (Å²) in [4.78, 5) is 0. The molecule has 3 N–H and O–H groups in total. The topological polar surface area (TPSA) is 38.0 Å². The summed E-state index contributed by atoms with van der Waals surface area (Å²) in [5, 5.41) is 3.40. The van der Waals surface area contributed by atoms with Crippen LogP contribution in [-0.2, 0) is 0 Å². The van der Waals surface area contributed by atoms with Gasteiger partial charge in [0.05, 0.1) is 0 Å². The largest absolute Gasteiger partial charge is 0.385 e. The molecule has 0 heterocycles. The van der Waals surface area contributed by atoms with E-state index in [-0.39, 0.29) is 0 Å². The molecule has 0 amide bonds. The third-order valence-electron chi connectivity index (χ3n) is 2.59. The number of anilines is 1. The summed E-state index contributed by atoms with van der Waals surface area (Å²) in [5.74, 6) is 1.19. The maximum absolute atomic E-state index is 5.70. The highest BCUT2D eigenvalue weighted by molar-refractivity contribution is 5.42. The van der Waals surface area contributed by atoms with Crippen LogP contribution in [-0.4, -0.2) is 13.1 Å². The number of para-hydroxylation sites is 1. The summed E-state index contributed by atoms with van der Waals surface area (Å²) in [6.07, 6.45) is 0. The fraction of sp³-hybridized carbons (Fsp3) is 0.500. The van der Waals surface area contributed by atoms with Gasteiger partial charge in [0.15, 0.2) is 0 Å². The highest BCUT2D eigenvalue weighted by Crippen LogP contribution is 2.11. The molecule has 0 bridgehead atoms. The summed E-state index contributed by atoms with van der Waals surface area (Å²) in [6.45, 7) is 6.13. The summed E-state index contributed by atoms with van der Waals surface area (Å²) < 4.78 is 0. The molecule has 1 unspecified atom stereocenters. The van der Waals surface area contributed by atoms with Crippen molar-refractivity contribution in [2.45, 2.75) is 13.8 Å². The van der Waals surface area contributed by atoms with Gasteiger partial charge in [0.2, 0.25) is 0 Å². The molecule has 0 aliphatic heterocycles. The molecule has 1 aromatic carbocycles. The van der Waals surface area contributed by atoms with Crippen molar-refractivity contribution in [3.63, 3.8) is 0 Å². The van der Waals surface area contributed by atoms with Crippen molar-refractivity contribution in [1.29, 1.82) is 0 Å². The molecule has 0 saturated carbocycles. The van der Waals surface area contributed by atoms with Crippen LogP contribution in [0.25, 0.3) is 0 Å². The van der Waals surface area contributed by atoms with Crippen LogP contribution in [0.5, 0.6) is 0 Å². The van der Waals surface area contributed by atoms with Crippen molar-refractivity contribution in [1.82, 2.24) is 0 Å². The van der Waals surface area contributed by atoms with E-state index in [1.165, 1.54) is 5.69 Å². The van der Waals surface area contributed by atoms with Gasteiger partial charge in [-0.25, -0.2) is 0 Å². The highest BCUT2D eigenvalue weighted by Gasteiger charge is 2.10. The molecule has 0 spiro atoms. The van der Waals surface area contributed by atoms with E-state index in [4.69, 9.17) is 5.73 Å². The molecule has 78 valence electrons. The Morgan fingerprint density at radius 1 is 1.21 bits per heavy atom. The number of hydrogen-bond acceptors (Lipinski definition) is 2. The Labute approximate surface area is 86.5 Å². The van der Waals surface area contributed by atoms with Gasteiger partial charge in [-0.3, -0.25) is 0 Å². The van der Waals surface area contributed by atoms with Crippen LogP contribution in [0.1, 0.15) is 13.8 Å². The van der Waals surface area contributed by atoms with Gasteiger partial charge in [-0.1, -0.05) is 32.0 Å². The first-order valence-electron chi connectivity index (χ1n) is 5.23. The molecule has 1 rings (SSSR count). The molecule has 0 aliphatic carbocycles. The lowest BCUT2D eigenvalue weighted by Crippen LogP contribution is -2.27. The molecule has 1 atom stereocenters. The minimum atomic E-state index is 0.551. The summed E-state index contributed by atoms with van der Waals surface area (Å²) in [5.41, 5.74) is 6.87. The van der Waals surface area contributed by atoms with E-state index in [9.17, 15) is 0 Å². The molecule has 0 fully saturated rings. The number of rotatable bonds is 5.